The lowest BCUT2D eigenvalue weighted by Crippen LogP contribution is -2.29. The summed E-state index contributed by atoms with van der Waals surface area (Å²) in [7, 11) is 0. The molecule has 2 heterocycles. The van der Waals surface area contributed by atoms with Crippen LogP contribution in [0, 0.1) is 11.2 Å². The zero-order valence-corrected chi connectivity index (χ0v) is 15.3. The average molecular weight is 403 g/mol. The summed E-state index contributed by atoms with van der Waals surface area (Å²) in [6.07, 6.45) is 4.16. The van der Waals surface area contributed by atoms with Crippen LogP contribution >= 0.6 is 11.6 Å². The van der Waals surface area contributed by atoms with E-state index in [2.05, 4.69) is 10.3 Å². The summed E-state index contributed by atoms with van der Waals surface area (Å²) in [6.45, 7) is 0.291. The highest BCUT2D eigenvalue weighted by Crippen LogP contribution is 2.35. The number of likely N-dealkylation sites (tertiary alicyclic amines) is 1. The molecule has 4 rings (SSSR count). The van der Waals surface area contributed by atoms with Crippen LogP contribution in [-0.4, -0.2) is 47.0 Å². The van der Waals surface area contributed by atoms with E-state index < -0.39 is 5.82 Å². The molecule has 1 atom stereocenters. The van der Waals surface area contributed by atoms with Crippen LogP contribution in [0.5, 0.6) is 5.75 Å². The number of allylic oxidation sites excluding steroid dienone is 1. The van der Waals surface area contributed by atoms with Crippen molar-refractivity contribution < 1.29 is 19.0 Å². The maximum Gasteiger partial charge on any atom is 0.258 e. The van der Waals surface area contributed by atoms with Gasteiger partial charge in [-0.3, -0.25) is 4.79 Å². The van der Waals surface area contributed by atoms with Crippen LogP contribution in [0.4, 0.5) is 4.39 Å². The van der Waals surface area contributed by atoms with Gasteiger partial charge in [0.1, 0.15) is 23.5 Å². The highest BCUT2D eigenvalue weighted by atomic mass is 35.5. The molecule has 3 aliphatic rings. The number of aliphatic imine (C=N–C) groups is 1. The second kappa shape index (κ2) is 7.12. The summed E-state index contributed by atoms with van der Waals surface area (Å²) in [5, 5.41) is 20.6. The Morgan fingerprint density at radius 3 is 2.96 bits per heavy atom. The van der Waals surface area contributed by atoms with Gasteiger partial charge in [-0.25, -0.2) is 9.38 Å². The number of ether oxygens (including phenoxy) is 1. The lowest BCUT2D eigenvalue weighted by Gasteiger charge is -2.17. The van der Waals surface area contributed by atoms with Gasteiger partial charge < -0.3 is 25.5 Å². The normalized spacial score (nSPS) is 25.0. The van der Waals surface area contributed by atoms with Crippen LogP contribution in [0.15, 0.2) is 57.7 Å². The molecule has 1 amide bonds. The molecule has 1 aromatic rings. The van der Waals surface area contributed by atoms with Gasteiger partial charge in [0, 0.05) is 36.0 Å². The second-order valence-electron chi connectivity index (χ2n) is 6.55. The SMILES string of the molecule is N=C1CN(C(=O)c2ccc(F)cc2OC2C/C2=C/O)C/C1=C1\N=CC(Cl)=CN1. The molecule has 0 spiro atoms. The summed E-state index contributed by atoms with van der Waals surface area (Å²) in [6, 6.07) is 3.71. The van der Waals surface area contributed by atoms with Crippen molar-refractivity contribution in [2.45, 2.75) is 12.5 Å². The Bertz CT molecular complexity index is 999. The van der Waals surface area contributed by atoms with Gasteiger partial charge in [-0.05, 0) is 12.1 Å². The second-order valence-corrected chi connectivity index (χ2v) is 6.99. The molecule has 28 heavy (non-hydrogen) atoms. The summed E-state index contributed by atoms with van der Waals surface area (Å²) >= 11 is 5.83. The third kappa shape index (κ3) is 3.50. The molecule has 2 fully saturated rings. The monoisotopic (exact) mass is 402 g/mol. The smallest absolute Gasteiger partial charge is 0.258 e. The Kier molecular flexibility index (Phi) is 4.64. The third-order valence-electron chi connectivity index (χ3n) is 4.58. The van der Waals surface area contributed by atoms with Crippen LogP contribution in [-0.2, 0) is 0 Å². The van der Waals surface area contributed by atoms with Crippen molar-refractivity contribution in [2.75, 3.05) is 13.1 Å². The van der Waals surface area contributed by atoms with Gasteiger partial charge in [0.2, 0.25) is 0 Å². The Balaban J connectivity index is 1.56. The lowest BCUT2D eigenvalue weighted by atomic mass is 10.1. The molecule has 144 valence electrons. The van der Waals surface area contributed by atoms with Gasteiger partial charge in [-0.1, -0.05) is 11.6 Å². The van der Waals surface area contributed by atoms with Gasteiger partial charge in [0.05, 0.1) is 35.7 Å². The fraction of sp³-hybridized carbons (Fsp3) is 0.211. The maximum absolute atomic E-state index is 13.7. The summed E-state index contributed by atoms with van der Waals surface area (Å²) in [5.41, 5.74) is 1.73. The molecule has 1 unspecified atom stereocenters. The summed E-state index contributed by atoms with van der Waals surface area (Å²) in [5.74, 6) is -0.319. The Labute approximate surface area is 165 Å². The number of hydrogen-bond acceptors (Lipinski definition) is 6. The molecule has 1 saturated carbocycles. The molecule has 0 radical (unpaired) electrons. The van der Waals surface area contributed by atoms with Crippen molar-refractivity contribution in [3.8, 4) is 5.75 Å². The molecule has 0 aromatic heterocycles. The number of hydrogen-bond donors (Lipinski definition) is 3. The Morgan fingerprint density at radius 1 is 1.46 bits per heavy atom. The maximum atomic E-state index is 13.7. The zero-order chi connectivity index (χ0) is 19.8. The van der Waals surface area contributed by atoms with E-state index in [4.69, 9.17) is 26.9 Å². The molecule has 7 nitrogen and oxygen atoms in total. The number of halogens is 2. The number of benzene rings is 1. The number of amides is 1. The molecule has 9 heteroatoms. The Hall–Kier alpha value is -3.13. The molecule has 0 bridgehead atoms. The zero-order valence-electron chi connectivity index (χ0n) is 14.6. The van der Waals surface area contributed by atoms with E-state index in [0.29, 0.717) is 28.4 Å². The van der Waals surface area contributed by atoms with Crippen molar-refractivity contribution >= 4 is 29.4 Å². The van der Waals surface area contributed by atoms with E-state index in [0.717, 1.165) is 12.3 Å². The van der Waals surface area contributed by atoms with E-state index >= 15 is 0 Å². The first kappa shape index (κ1) is 18.2. The van der Waals surface area contributed by atoms with Crippen LogP contribution < -0.4 is 10.1 Å². The van der Waals surface area contributed by atoms with E-state index in [9.17, 15) is 9.18 Å². The highest BCUT2D eigenvalue weighted by Gasteiger charge is 2.35. The molecule has 1 aliphatic carbocycles. The summed E-state index contributed by atoms with van der Waals surface area (Å²) in [4.78, 5) is 18.6. The number of aliphatic hydroxyl groups excluding tert-OH is 1. The molecular weight excluding hydrogens is 387 g/mol. The van der Waals surface area contributed by atoms with Crippen LogP contribution in [0.1, 0.15) is 16.8 Å². The molecule has 1 aromatic carbocycles. The number of aliphatic hydroxyl groups is 1. The minimum atomic E-state index is -0.525. The van der Waals surface area contributed by atoms with Crippen molar-refractivity contribution in [2.24, 2.45) is 4.99 Å². The number of nitrogens with one attached hydrogen (secondary N) is 2. The van der Waals surface area contributed by atoms with Gasteiger partial charge in [0.25, 0.3) is 5.91 Å². The molecule has 3 N–H and O–H groups in total. The third-order valence-corrected chi connectivity index (χ3v) is 4.79. The molecule has 2 aliphatic heterocycles. The first-order valence-electron chi connectivity index (χ1n) is 8.52. The van der Waals surface area contributed by atoms with E-state index in [1.807, 2.05) is 0 Å². The number of nitrogens with zero attached hydrogens (tertiary/aromatic N) is 2. The van der Waals surface area contributed by atoms with Crippen molar-refractivity contribution in [1.82, 2.24) is 10.2 Å². The van der Waals surface area contributed by atoms with E-state index in [1.54, 1.807) is 6.20 Å². The molecule has 1 saturated heterocycles. The van der Waals surface area contributed by atoms with Crippen LogP contribution in [0.2, 0.25) is 0 Å². The van der Waals surface area contributed by atoms with Crippen LogP contribution in [0.3, 0.4) is 0 Å². The largest absolute Gasteiger partial charge is 0.515 e. The van der Waals surface area contributed by atoms with E-state index in [1.165, 1.54) is 23.2 Å². The van der Waals surface area contributed by atoms with Gasteiger partial charge >= 0.3 is 0 Å². The highest BCUT2D eigenvalue weighted by molar-refractivity contribution is 6.39. The van der Waals surface area contributed by atoms with Crippen molar-refractivity contribution in [3.05, 3.63) is 64.0 Å². The minimum absolute atomic E-state index is 0.106. The fourth-order valence-corrected chi connectivity index (χ4v) is 3.10. The topological polar surface area (TPSA) is 98.0 Å². The number of rotatable bonds is 3. The fourth-order valence-electron chi connectivity index (χ4n) is 3.00. The van der Waals surface area contributed by atoms with Gasteiger partial charge in [-0.15, -0.1) is 0 Å². The predicted octanol–water partition coefficient (Wildman–Crippen LogP) is 2.86. The lowest BCUT2D eigenvalue weighted by molar-refractivity contribution is 0.0799. The standard InChI is InChI=1S/C19H16ClFN4O3/c20-11-5-23-18(24-6-11)14-7-25(8-15(14)22)19(27)13-2-1-12(21)4-17(13)28-16-3-10(16)9-26/h1-2,4-6,9,16,22-23,26H,3,7-8H2/b10-9-,18-14+,22-15?. The number of carbonyl (C=O) groups is 1. The molecular formula is C19H16ClFN4O3. The Morgan fingerprint density at radius 2 is 2.29 bits per heavy atom. The van der Waals surface area contributed by atoms with Crippen molar-refractivity contribution in [1.29, 1.82) is 5.41 Å². The predicted molar refractivity (Wildman–Crippen MR) is 102 cm³/mol. The average Bonchev–Trinajstić information content (AvgIpc) is 3.32. The van der Waals surface area contributed by atoms with Gasteiger partial charge in [0.15, 0.2) is 0 Å². The van der Waals surface area contributed by atoms with Crippen LogP contribution in [0.25, 0.3) is 0 Å². The quantitative estimate of drug-likeness (QED) is 0.677. The van der Waals surface area contributed by atoms with E-state index in [-0.39, 0.29) is 42.1 Å². The van der Waals surface area contributed by atoms with Crippen molar-refractivity contribution in [3.63, 3.8) is 0 Å². The summed E-state index contributed by atoms with van der Waals surface area (Å²) < 4.78 is 19.3. The van der Waals surface area contributed by atoms with Gasteiger partial charge in [-0.2, -0.15) is 0 Å². The first-order valence-corrected chi connectivity index (χ1v) is 8.90. The minimum Gasteiger partial charge on any atom is -0.515 e. The first-order chi connectivity index (χ1) is 13.5. The number of carbonyl (C=O) groups excluding carboxylic acids is 1.